The zero-order valence-electron chi connectivity index (χ0n) is 11.3. The molecule has 0 radical (unpaired) electrons. The maximum atomic E-state index is 6.53. The summed E-state index contributed by atoms with van der Waals surface area (Å²) in [4.78, 5) is 4.82. The van der Waals surface area contributed by atoms with Gasteiger partial charge in [-0.3, -0.25) is 0 Å². The second-order valence-electron chi connectivity index (χ2n) is 5.34. The summed E-state index contributed by atoms with van der Waals surface area (Å²) in [5, 5.41) is 5.81. The molecular formula is C16H13Cl2N3. The smallest absolute Gasteiger partial charge is 0.164 e. The molecule has 0 saturated carbocycles. The van der Waals surface area contributed by atoms with E-state index in [2.05, 4.69) is 5.10 Å². The van der Waals surface area contributed by atoms with Crippen LogP contribution in [0.15, 0.2) is 30.5 Å². The van der Waals surface area contributed by atoms with Crippen molar-refractivity contribution in [3.05, 3.63) is 51.9 Å². The van der Waals surface area contributed by atoms with E-state index in [9.17, 15) is 0 Å². The highest BCUT2D eigenvalue weighted by molar-refractivity contribution is 6.31. The van der Waals surface area contributed by atoms with Gasteiger partial charge in [0.2, 0.25) is 0 Å². The van der Waals surface area contributed by atoms with Crippen molar-refractivity contribution in [1.82, 2.24) is 14.6 Å². The molecule has 0 unspecified atom stereocenters. The van der Waals surface area contributed by atoms with Crippen LogP contribution >= 0.6 is 23.2 Å². The molecule has 4 rings (SSSR count). The molecule has 1 aliphatic carbocycles. The van der Waals surface area contributed by atoms with Gasteiger partial charge in [0.05, 0.1) is 6.20 Å². The summed E-state index contributed by atoms with van der Waals surface area (Å²) >= 11 is 12.6. The van der Waals surface area contributed by atoms with Crippen molar-refractivity contribution < 1.29 is 0 Å². The molecule has 2 aromatic heterocycles. The maximum absolute atomic E-state index is 6.53. The molecule has 0 saturated heterocycles. The first-order chi connectivity index (χ1) is 10.2. The number of rotatable bonds is 1. The highest BCUT2D eigenvalue weighted by Gasteiger charge is 2.20. The molecule has 1 aliphatic rings. The van der Waals surface area contributed by atoms with Crippen molar-refractivity contribution in [2.24, 2.45) is 0 Å². The van der Waals surface area contributed by atoms with E-state index in [4.69, 9.17) is 28.2 Å². The Balaban J connectivity index is 1.98. The third kappa shape index (κ3) is 2.12. The van der Waals surface area contributed by atoms with Crippen LogP contribution in [0.1, 0.15) is 24.1 Å². The quantitative estimate of drug-likeness (QED) is 0.615. The average Bonchev–Trinajstić information content (AvgIpc) is 2.92. The third-order valence-corrected chi connectivity index (χ3v) is 4.62. The summed E-state index contributed by atoms with van der Waals surface area (Å²) in [6.07, 6.45) is 6.13. The number of hydrogen-bond donors (Lipinski definition) is 0. The Labute approximate surface area is 132 Å². The summed E-state index contributed by atoms with van der Waals surface area (Å²) in [6.45, 7) is 0. The molecule has 5 heteroatoms. The van der Waals surface area contributed by atoms with Gasteiger partial charge in [-0.15, -0.1) is 0 Å². The summed E-state index contributed by atoms with van der Waals surface area (Å²) in [7, 11) is 0. The van der Waals surface area contributed by atoms with E-state index in [-0.39, 0.29) is 0 Å². The highest BCUT2D eigenvalue weighted by Crippen LogP contribution is 2.32. The monoisotopic (exact) mass is 317 g/mol. The Hall–Kier alpha value is -1.58. The molecule has 0 spiro atoms. The molecule has 21 heavy (non-hydrogen) atoms. The van der Waals surface area contributed by atoms with E-state index in [0.29, 0.717) is 10.2 Å². The van der Waals surface area contributed by atoms with Gasteiger partial charge in [0.15, 0.2) is 5.65 Å². The van der Waals surface area contributed by atoms with Gasteiger partial charge in [-0.2, -0.15) is 5.10 Å². The normalized spacial score (nSPS) is 14.4. The Morgan fingerprint density at radius 2 is 1.95 bits per heavy atom. The first-order valence-corrected chi connectivity index (χ1v) is 7.80. The van der Waals surface area contributed by atoms with Crippen LogP contribution in [0.25, 0.3) is 16.8 Å². The van der Waals surface area contributed by atoms with Gasteiger partial charge in [0.25, 0.3) is 0 Å². The van der Waals surface area contributed by atoms with E-state index < -0.39 is 0 Å². The predicted molar refractivity (Wildman–Crippen MR) is 85.1 cm³/mol. The van der Waals surface area contributed by atoms with Crippen LogP contribution in [-0.4, -0.2) is 14.6 Å². The molecule has 2 heterocycles. The Morgan fingerprint density at radius 3 is 2.81 bits per heavy atom. The van der Waals surface area contributed by atoms with Crippen molar-refractivity contribution in [3.63, 3.8) is 0 Å². The summed E-state index contributed by atoms with van der Waals surface area (Å²) < 4.78 is 1.74. The minimum atomic E-state index is 0.697. The van der Waals surface area contributed by atoms with E-state index in [1.165, 1.54) is 12.8 Å². The van der Waals surface area contributed by atoms with Crippen LogP contribution in [0.5, 0.6) is 0 Å². The predicted octanol–water partition coefficient (Wildman–Crippen LogP) is 4.58. The lowest BCUT2D eigenvalue weighted by molar-refractivity contribution is 0.660. The molecule has 0 atom stereocenters. The van der Waals surface area contributed by atoms with Gasteiger partial charge in [-0.1, -0.05) is 35.3 Å². The van der Waals surface area contributed by atoms with Gasteiger partial charge in [0, 0.05) is 21.8 Å². The number of nitrogens with zero attached hydrogens (tertiary/aromatic N) is 3. The van der Waals surface area contributed by atoms with Gasteiger partial charge >= 0.3 is 0 Å². The van der Waals surface area contributed by atoms with Crippen molar-refractivity contribution in [2.45, 2.75) is 25.7 Å². The fourth-order valence-corrected chi connectivity index (χ4v) is 3.46. The lowest BCUT2D eigenvalue weighted by Gasteiger charge is -2.16. The van der Waals surface area contributed by atoms with Crippen LogP contribution in [0.2, 0.25) is 10.2 Å². The molecule has 3 nitrogen and oxygen atoms in total. The fraction of sp³-hybridized carbons (Fsp3) is 0.250. The lowest BCUT2D eigenvalue weighted by Crippen LogP contribution is -2.10. The zero-order chi connectivity index (χ0) is 14.4. The molecule has 0 amide bonds. The molecular weight excluding hydrogens is 305 g/mol. The van der Waals surface area contributed by atoms with Crippen LogP contribution < -0.4 is 0 Å². The molecule has 106 valence electrons. The molecule has 0 bridgehead atoms. The van der Waals surface area contributed by atoms with Crippen LogP contribution in [0, 0.1) is 0 Å². The Kier molecular flexibility index (Phi) is 3.12. The summed E-state index contributed by atoms with van der Waals surface area (Å²) in [5.74, 6) is 0. The maximum Gasteiger partial charge on any atom is 0.164 e. The standard InChI is InChI=1S/C16H13Cl2N3/c17-11-5-3-4-10(8-11)13-9-19-21-15(18)12-6-1-2-7-14(12)20-16(13)21/h3-5,8-9H,1-2,6-7H2. The second kappa shape index (κ2) is 5.00. The molecule has 0 aliphatic heterocycles. The second-order valence-corrected chi connectivity index (χ2v) is 6.13. The van der Waals surface area contributed by atoms with E-state index in [1.807, 2.05) is 30.5 Å². The lowest BCUT2D eigenvalue weighted by atomic mass is 9.97. The zero-order valence-corrected chi connectivity index (χ0v) is 12.8. The van der Waals surface area contributed by atoms with Crippen LogP contribution in [0.3, 0.4) is 0 Å². The minimum absolute atomic E-state index is 0.697. The highest BCUT2D eigenvalue weighted by atomic mass is 35.5. The number of aryl methyl sites for hydroxylation is 1. The van der Waals surface area contributed by atoms with Crippen LogP contribution in [0.4, 0.5) is 0 Å². The number of aromatic nitrogens is 3. The average molecular weight is 318 g/mol. The number of fused-ring (bicyclic) bond motifs is 2. The van der Waals surface area contributed by atoms with E-state index in [0.717, 1.165) is 40.9 Å². The van der Waals surface area contributed by atoms with Crippen molar-refractivity contribution in [2.75, 3.05) is 0 Å². The van der Waals surface area contributed by atoms with Crippen molar-refractivity contribution in [3.8, 4) is 11.1 Å². The van der Waals surface area contributed by atoms with Gasteiger partial charge < -0.3 is 0 Å². The SMILES string of the molecule is Clc1cccc(-c2cnn3c(Cl)c4c(nc23)CCCC4)c1. The van der Waals surface area contributed by atoms with E-state index in [1.54, 1.807) is 4.52 Å². The molecule has 0 N–H and O–H groups in total. The third-order valence-electron chi connectivity index (χ3n) is 3.99. The van der Waals surface area contributed by atoms with Gasteiger partial charge in [0.1, 0.15) is 5.15 Å². The van der Waals surface area contributed by atoms with Gasteiger partial charge in [-0.05, 0) is 43.4 Å². The number of benzene rings is 1. The molecule has 3 aromatic rings. The number of hydrogen-bond acceptors (Lipinski definition) is 2. The number of halogens is 2. The van der Waals surface area contributed by atoms with Crippen molar-refractivity contribution >= 4 is 28.8 Å². The minimum Gasteiger partial charge on any atom is -0.233 e. The Bertz CT molecular complexity index is 839. The van der Waals surface area contributed by atoms with Crippen molar-refractivity contribution in [1.29, 1.82) is 0 Å². The first-order valence-electron chi connectivity index (χ1n) is 7.05. The van der Waals surface area contributed by atoms with E-state index >= 15 is 0 Å². The molecule has 0 fully saturated rings. The largest absolute Gasteiger partial charge is 0.233 e. The van der Waals surface area contributed by atoms with Crippen LogP contribution in [-0.2, 0) is 12.8 Å². The fourth-order valence-electron chi connectivity index (χ4n) is 2.94. The topological polar surface area (TPSA) is 30.2 Å². The summed E-state index contributed by atoms with van der Waals surface area (Å²) in [5.41, 5.74) is 5.05. The summed E-state index contributed by atoms with van der Waals surface area (Å²) in [6, 6.07) is 7.73. The Morgan fingerprint density at radius 1 is 1.10 bits per heavy atom. The molecule has 1 aromatic carbocycles. The van der Waals surface area contributed by atoms with Gasteiger partial charge in [-0.25, -0.2) is 9.50 Å². The first kappa shape index (κ1) is 13.1.